The summed E-state index contributed by atoms with van der Waals surface area (Å²) in [6, 6.07) is 10.1. The molecule has 0 saturated heterocycles. The maximum Gasteiger partial charge on any atom is 0.311 e. The molecule has 0 spiro atoms. The third-order valence-corrected chi connectivity index (χ3v) is 4.40. The standard InChI is InChI=1S/C24H28N2O7/c1-16(27)17-11-12-20(26(30)31)21(15-17)32-19-9-7-8-18(14-19)23(29)25-13-6-5-10-22(28)33-24(2,3)4/h7-9,11-12,14-15H,5-6,10,13H2,1-4H3,(H,25,29). The third-order valence-electron chi connectivity index (χ3n) is 4.40. The Balaban J connectivity index is 1.96. The number of ketones is 1. The van der Waals surface area contributed by atoms with Crippen molar-refractivity contribution >= 4 is 23.3 Å². The van der Waals surface area contributed by atoms with Crippen molar-refractivity contribution in [2.45, 2.75) is 52.6 Å². The number of nitro benzene ring substituents is 1. The predicted molar refractivity (Wildman–Crippen MR) is 122 cm³/mol. The summed E-state index contributed by atoms with van der Waals surface area (Å²) in [5.41, 5.74) is -0.229. The second-order valence-electron chi connectivity index (χ2n) is 8.43. The molecule has 176 valence electrons. The molecule has 0 fully saturated rings. The number of Topliss-reactive ketones (excluding diaryl/α,β-unsaturated/α-hetero) is 1. The first-order valence-corrected chi connectivity index (χ1v) is 10.5. The first kappa shape index (κ1) is 25.5. The van der Waals surface area contributed by atoms with E-state index in [1.807, 2.05) is 0 Å². The molecule has 1 amide bonds. The van der Waals surface area contributed by atoms with Crippen molar-refractivity contribution < 1.29 is 28.8 Å². The van der Waals surface area contributed by atoms with Gasteiger partial charge >= 0.3 is 11.7 Å². The summed E-state index contributed by atoms with van der Waals surface area (Å²) in [5, 5.41) is 14.1. The van der Waals surface area contributed by atoms with Crippen LogP contribution in [-0.2, 0) is 9.53 Å². The molecule has 0 atom stereocenters. The van der Waals surface area contributed by atoms with Crippen LogP contribution in [-0.4, -0.2) is 34.7 Å². The molecule has 2 aromatic carbocycles. The Bertz CT molecular complexity index is 1040. The van der Waals surface area contributed by atoms with Crippen LogP contribution in [0.2, 0.25) is 0 Å². The monoisotopic (exact) mass is 456 g/mol. The number of nitro groups is 1. The highest BCUT2D eigenvalue weighted by molar-refractivity contribution is 5.95. The normalized spacial score (nSPS) is 10.9. The molecule has 2 rings (SSSR count). The van der Waals surface area contributed by atoms with Crippen LogP contribution in [0.25, 0.3) is 0 Å². The largest absolute Gasteiger partial charge is 0.460 e. The van der Waals surface area contributed by atoms with E-state index >= 15 is 0 Å². The van der Waals surface area contributed by atoms with Gasteiger partial charge in [-0.2, -0.15) is 0 Å². The van der Waals surface area contributed by atoms with Gasteiger partial charge in [0.25, 0.3) is 5.91 Å². The zero-order valence-electron chi connectivity index (χ0n) is 19.2. The lowest BCUT2D eigenvalue weighted by Crippen LogP contribution is -2.25. The van der Waals surface area contributed by atoms with Crippen LogP contribution in [0.15, 0.2) is 42.5 Å². The average molecular weight is 456 g/mol. The molecule has 1 N–H and O–H groups in total. The van der Waals surface area contributed by atoms with Crippen LogP contribution in [0, 0.1) is 10.1 Å². The number of nitrogens with zero attached hydrogens (tertiary/aromatic N) is 1. The van der Waals surface area contributed by atoms with Gasteiger partial charge in [-0.15, -0.1) is 0 Å². The molecule has 0 radical (unpaired) electrons. The van der Waals surface area contributed by atoms with E-state index in [2.05, 4.69) is 5.32 Å². The zero-order chi connectivity index (χ0) is 24.6. The molecule has 9 heteroatoms. The van der Waals surface area contributed by atoms with Crippen LogP contribution in [0.5, 0.6) is 11.5 Å². The Kier molecular flexibility index (Phi) is 8.67. The number of amides is 1. The minimum Gasteiger partial charge on any atom is -0.460 e. The van der Waals surface area contributed by atoms with Gasteiger partial charge in [0.15, 0.2) is 5.78 Å². The zero-order valence-corrected chi connectivity index (χ0v) is 19.2. The topological polar surface area (TPSA) is 125 Å². The van der Waals surface area contributed by atoms with Gasteiger partial charge in [0.1, 0.15) is 11.4 Å². The van der Waals surface area contributed by atoms with Gasteiger partial charge in [0.05, 0.1) is 4.92 Å². The molecule has 0 aliphatic rings. The van der Waals surface area contributed by atoms with Crippen molar-refractivity contribution in [1.82, 2.24) is 5.32 Å². The van der Waals surface area contributed by atoms with E-state index in [0.717, 1.165) is 0 Å². The van der Waals surface area contributed by atoms with Gasteiger partial charge in [0, 0.05) is 30.2 Å². The van der Waals surface area contributed by atoms with Gasteiger partial charge in [-0.1, -0.05) is 6.07 Å². The van der Waals surface area contributed by atoms with Crippen LogP contribution in [0.1, 0.15) is 67.7 Å². The number of ether oxygens (including phenoxy) is 2. The highest BCUT2D eigenvalue weighted by Gasteiger charge is 2.19. The number of carbonyl (C=O) groups is 3. The minimum atomic E-state index is -0.604. The summed E-state index contributed by atoms with van der Waals surface area (Å²) < 4.78 is 10.9. The van der Waals surface area contributed by atoms with Gasteiger partial charge < -0.3 is 14.8 Å². The molecule has 2 aromatic rings. The molecule has 0 heterocycles. The van der Waals surface area contributed by atoms with Gasteiger partial charge in [-0.25, -0.2) is 0 Å². The number of esters is 1. The molecule has 0 unspecified atom stereocenters. The van der Waals surface area contributed by atoms with E-state index in [-0.39, 0.29) is 46.8 Å². The SMILES string of the molecule is CC(=O)c1ccc([N+](=O)[O-])c(Oc2cccc(C(=O)NCCCCC(=O)OC(C)(C)C)c2)c1. The van der Waals surface area contributed by atoms with Gasteiger partial charge in [0.2, 0.25) is 5.75 Å². The lowest BCUT2D eigenvalue weighted by atomic mass is 10.1. The average Bonchev–Trinajstić information content (AvgIpc) is 2.72. The summed E-state index contributed by atoms with van der Waals surface area (Å²) in [7, 11) is 0. The summed E-state index contributed by atoms with van der Waals surface area (Å²) >= 11 is 0. The van der Waals surface area contributed by atoms with Crippen molar-refractivity contribution in [3.05, 3.63) is 63.7 Å². The predicted octanol–water partition coefficient (Wildman–Crippen LogP) is 4.83. The molecular weight excluding hydrogens is 428 g/mol. The van der Waals surface area contributed by atoms with E-state index in [1.165, 1.54) is 31.2 Å². The van der Waals surface area contributed by atoms with E-state index < -0.39 is 10.5 Å². The molecule has 0 aromatic heterocycles. The minimum absolute atomic E-state index is 0.0904. The Morgan fingerprint density at radius 1 is 1.03 bits per heavy atom. The van der Waals surface area contributed by atoms with Gasteiger partial charge in [-0.05, 0) is 70.9 Å². The lowest BCUT2D eigenvalue weighted by molar-refractivity contribution is -0.385. The van der Waals surface area contributed by atoms with Crippen molar-refractivity contribution in [3.63, 3.8) is 0 Å². The number of rotatable bonds is 10. The number of carbonyl (C=O) groups excluding carboxylic acids is 3. The van der Waals surface area contributed by atoms with Gasteiger partial charge in [-0.3, -0.25) is 24.5 Å². The van der Waals surface area contributed by atoms with Crippen molar-refractivity contribution in [1.29, 1.82) is 0 Å². The molecule has 0 aliphatic carbocycles. The van der Waals surface area contributed by atoms with Crippen LogP contribution in [0.4, 0.5) is 5.69 Å². The Hall–Kier alpha value is -3.75. The van der Waals surface area contributed by atoms with Crippen molar-refractivity contribution in [3.8, 4) is 11.5 Å². The summed E-state index contributed by atoms with van der Waals surface area (Å²) in [6.45, 7) is 7.14. The van der Waals surface area contributed by atoms with Crippen LogP contribution in [0.3, 0.4) is 0 Å². The molecule has 9 nitrogen and oxygen atoms in total. The number of unbranched alkanes of at least 4 members (excludes halogenated alkanes) is 1. The quantitative estimate of drug-likeness (QED) is 0.178. The highest BCUT2D eigenvalue weighted by atomic mass is 16.6. The van der Waals surface area contributed by atoms with Crippen molar-refractivity contribution in [2.75, 3.05) is 6.54 Å². The maximum absolute atomic E-state index is 12.4. The second kappa shape index (κ2) is 11.2. The first-order valence-electron chi connectivity index (χ1n) is 10.5. The second-order valence-corrected chi connectivity index (χ2v) is 8.43. The van der Waals surface area contributed by atoms with E-state index in [9.17, 15) is 24.5 Å². The Morgan fingerprint density at radius 2 is 1.76 bits per heavy atom. The number of hydrogen-bond acceptors (Lipinski definition) is 7. The summed E-state index contributed by atoms with van der Waals surface area (Å²) in [4.78, 5) is 46.5. The first-order chi connectivity index (χ1) is 15.5. The molecular formula is C24H28N2O7. The molecule has 0 bridgehead atoms. The van der Waals surface area contributed by atoms with Crippen LogP contribution < -0.4 is 10.1 Å². The van der Waals surface area contributed by atoms with E-state index in [0.29, 0.717) is 24.9 Å². The van der Waals surface area contributed by atoms with E-state index in [1.54, 1.807) is 39.0 Å². The van der Waals surface area contributed by atoms with Crippen molar-refractivity contribution in [2.24, 2.45) is 0 Å². The number of hydrogen-bond donors (Lipinski definition) is 1. The fourth-order valence-electron chi connectivity index (χ4n) is 2.88. The number of nitrogens with one attached hydrogen (secondary N) is 1. The molecule has 0 aliphatic heterocycles. The maximum atomic E-state index is 12.4. The molecule has 0 saturated carbocycles. The Morgan fingerprint density at radius 3 is 2.39 bits per heavy atom. The lowest BCUT2D eigenvalue weighted by Gasteiger charge is -2.19. The van der Waals surface area contributed by atoms with E-state index in [4.69, 9.17) is 9.47 Å². The summed E-state index contributed by atoms with van der Waals surface area (Å²) in [6.07, 6.45) is 1.45. The molecule has 33 heavy (non-hydrogen) atoms. The summed E-state index contributed by atoms with van der Waals surface area (Å²) in [5.74, 6) is -0.746. The van der Waals surface area contributed by atoms with Crippen LogP contribution >= 0.6 is 0 Å². The smallest absolute Gasteiger partial charge is 0.311 e. The fraction of sp³-hybridized carbons (Fsp3) is 0.375. The third kappa shape index (κ3) is 8.36. The Labute approximate surface area is 192 Å². The highest BCUT2D eigenvalue weighted by Crippen LogP contribution is 2.32. The number of benzene rings is 2. The fourth-order valence-corrected chi connectivity index (χ4v) is 2.88.